The Kier molecular flexibility index (Phi) is 4.55. The normalized spacial score (nSPS) is 28.1. The molecule has 1 fully saturated rings. The molecule has 0 radical (unpaired) electrons. The van der Waals surface area contributed by atoms with Gasteiger partial charge in [0, 0.05) is 0 Å². The summed E-state index contributed by atoms with van der Waals surface area (Å²) in [7, 11) is 0. The zero-order valence-corrected chi connectivity index (χ0v) is 11.2. The summed E-state index contributed by atoms with van der Waals surface area (Å²) in [6, 6.07) is 5.75. The van der Waals surface area contributed by atoms with Gasteiger partial charge in [0.15, 0.2) is 0 Å². The van der Waals surface area contributed by atoms with Crippen molar-refractivity contribution in [3.63, 3.8) is 0 Å². The van der Waals surface area contributed by atoms with Crippen molar-refractivity contribution in [3.8, 4) is 0 Å². The Labute approximate surface area is 109 Å². The maximum absolute atomic E-state index is 5.98. The standard InChI is InChI=1S/C14H23N3O/c1-10-6-11(2)8-13(7-10)18-9-12-4-3-5-14(16-12)17-15/h3-5,10-11,13H,6-9,15H2,1-2H3,(H,16,17). The van der Waals surface area contributed by atoms with Crippen molar-refractivity contribution in [1.29, 1.82) is 0 Å². The van der Waals surface area contributed by atoms with Crippen LogP contribution in [-0.4, -0.2) is 11.1 Å². The number of aromatic nitrogens is 1. The molecule has 1 aliphatic rings. The first-order chi connectivity index (χ1) is 8.67. The summed E-state index contributed by atoms with van der Waals surface area (Å²) in [5, 5.41) is 0. The molecule has 4 nitrogen and oxygen atoms in total. The number of nitrogen functional groups attached to an aromatic ring is 1. The third kappa shape index (κ3) is 3.68. The van der Waals surface area contributed by atoms with Crippen LogP contribution >= 0.6 is 0 Å². The number of nitrogens with one attached hydrogen (secondary N) is 1. The number of nitrogens with zero attached hydrogens (tertiary/aromatic N) is 1. The average molecular weight is 249 g/mol. The molecule has 0 saturated heterocycles. The molecule has 2 atom stereocenters. The summed E-state index contributed by atoms with van der Waals surface area (Å²) in [5.74, 6) is 7.56. The molecule has 100 valence electrons. The molecule has 1 aromatic rings. The lowest BCUT2D eigenvalue weighted by atomic mass is 9.82. The molecule has 2 unspecified atom stereocenters. The van der Waals surface area contributed by atoms with Crippen LogP contribution in [-0.2, 0) is 11.3 Å². The Balaban J connectivity index is 1.86. The maximum Gasteiger partial charge on any atom is 0.140 e. The maximum atomic E-state index is 5.98. The van der Waals surface area contributed by atoms with E-state index in [0.717, 1.165) is 17.5 Å². The summed E-state index contributed by atoms with van der Waals surface area (Å²) in [6.07, 6.45) is 4.03. The molecule has 0 amide bonds. The van der Waals surface area contributed by atoms with Crippen molar-refractivity contribution in [2.45, 2.75) is 45.8 Å². The molecular weight excluding hydrogens is 226 g/mol. The first-order valence-electron chi connectivity index (χ1n) is 6.71. The fraction of sp³-hybridized carbons (Fsp3) is 0.643. The molecule has 0 bridgehead atoms. The average Bonchev–Trinajstić information content (AvgIpc) is 2.35. The number of nitrogens with two attached hydrogens (primary N) is 1. The smallest absolute Gasteiger partial charge is 0.140 e. The fourth-order valence-electron chi connectivity index (χ4n) is 2.85. The summed E-state index contributed by atoms with van der Waals surface area (Å²) >= 11 is 0. The number of rotatable bonds is 4. The first-order valence-corrected chi connectivity index (χ1v) is 6.71. The van der Waals surface area contributed by atoms with E-state index in [1.54, 1.807) is 0 Å². The van der Waals surface area contributed by atoms with Crippen molar-refractivity contribution >= 4 is 5.82 Å². The van der Waals surface area contributed by atoms with Gasteiger partial charge in [-0.1, -0.05) is 19.9 Å². The Morgan fingerprint density at radius 2 is 2.00 bits per heavy atom. The Bertz CT molecular complexity index is 373. The summed E-state index contributed by atoms with van der Waals surface area (Å²) < 4.78 is 5.98. The Morgan fingerprint density at radius 1 is 1.28 bits per heavy atom. The second-order valence-corrected chi connectivity index (χ2v) is 5.51. The second-order valence-electron chi connectivity index (χ2n) is 5.51. The third-order valence-corrected chi connectivity index (χ3v) is 3.56. The molecule has 1 saturated carbocycles. The van der Waals surface area contributed by atoms with Gasteiger partial charge in [0.05, 0.1) is 18.4 Å². The Hall–Kier alpha value is -1.13. The van der Waals surface area contributed by atoms with Crippen LogP contribution in [0.4, 0.5) is 5.82 Å². The molecule has 0 aromatic carbocycles. The van der Waals surface area contributed by atoms with E-state index in [1.807, 2.05) is 18.2 Å². The van der Waals surface area contributed by atoms with Crippen LogP contribution in [0.1, 0.15) is 38.8 Å². The number of hydrazine groups is 1. The summed E-state index contributed by atoms with van der Waals surface area (Å²) in [6.45, 7) is 5.19. The number of hydrogen-bond acceptors (Lipinski definition) is 4. The molecule has 18 heavy (non-hydrogen) atoms. The van der Waals surface area contributed by atoms with Gasteiger partial charge >= 0.3 is 0 Å². The van der Waals surface area contributed by atoms with E-state index in [1.165, 1.54) is 19.3 Å². The monoisotopic (exact) mass is 249 g/mol. The van der Waals surface area contributed by atoms with Gasteiger partial charge in [-0.2, -0.15) is 0 Å². The molecular formula is C14H23N3O. The fourth-order valence-corrected chi connectivity index (χ4v) is 2.85. The van der Waals surface area contributed by atoms with Gasteiger partial charge in [0.2, 0.25) is 0 Å². The minimum Gasteiger partial charge on any atom is -0.372 e. The van der Waals surface area contributed by atoms with Crippen molar-refractivity contribution in [1.82, 2.24) is 4.98 Å². The van der Waals surface area contributed by atoms with Crippen LogP contribution in [0, 0.1) is 11.8 Å². The minimum absolute atomic E-state index is 0.375. The highest BCUT2D eigenvalue weighted by atomic mass is 16.5. The predicted molar refractivity (Wildman–Crippen MR) is 72.8 cm³/mol. The summed E-state index contributed by atoms with van der Waals surface area (Å²) in [4.78, 5) is 4.35. The largest absolute Gasteiger partial charge is 0.372 e. The van der Waals surface area contributed by atoms with Gasteiger partial charge in [-0.3, -0.25) is 0 Å². The van der Waals surface area contributed by atoms with E-state index in [4.69, 9.17) is 10.6 Å². The molecule has 1 heterocycles. The highest BCUT2D eigenvalue weighted by Gasteiger charge is 2.24. The van der Waals surface area contributed by atoms with Crippen molar-refractivity contribution in [2.24, 2.45) is 17.7 Å². The summed E-state index contributed by atoms with van der Waals surface area (Å²) in [5.41, 5.74) is 3.48. The van der Waals surface area contributed by atoms with E-state index < -0.39 is 0 Å². The minimum atomic E-state index is 0.375. The predicted octanol–water partition coefficient (Wildman–Crippen LogP) is 2.71. The molecule has 0 spiro atoms. The van der Waals surface area contributed by atoms with Crippen LogP contribution in [0.3, 0.4) is 0 Å². The highest BCUT2D eigenvalue weighted by Crippen LogP contribution is 2.30. The molecule has 1 aliphatic carbocycles. The van der Waals surface area contributed by atoms with Crippen molar-refractivity contribution < 1.29 is 4.74 Å². The van der Waals surface area contributed by atoms with Crippen LogP contribution in [0.25, 0.3) is 0 Å². The molecule has 4 heteroatoms. The van der Waals surface area contributed by atoms with Gasteiger partial charge in [0.1, 0.15) is 5.82 Å². The molecule has 2 rings (SSSR count). The second kappa shape index (κ2) is 6.16. The van der Waals surface area contributed by atoms with E-state index in [0.29, 0.717) is 18.5 Å². The zero-order chi connectivity index (χ0) is 13.0. The van der Waals surface area contributed by atoms with Gasteiger partial charge in [0.25, 0.3) is 0 Å². The lowest BCUT2D eigenvalue weighted by Gasteiger charge is -2.31. The van der Waals surface area contributed by atoms with Gasteiger partial charge in [-0.15, -0.1) is 0 Å². The van der Waals surface area contributed by atoms with E-state index >= 15 is 0 Å². The SMILES string of the molecule is CC1CC(C)CC(OCc2cccc(NN)n2)C1. The van der Waals surface area contributed by atoms with E-state index in [9.17, 15) is 0 Å². The quantitative estimate of drug-likeness (QED) is 0.636. The van der Waals surface area contributed by atoms with Gasteiger partial charge < -0.3 is 10.2 Å². The van der Waals surface area contributed by atoms with Gasteiger partial charge in [-0.25, -0.2) is 10.8 Å². The van der Waals surface area contributed by atoms with E-state index in [-0.39, 0.29) is 0 Å². The van der Waals surface area contributed by atoms with Crippen LogP contribution < -0.4 is 11.3 Å². The van der Waals surface area contributed by atoms with Crippen LogP contribution in [0.5, 0.6) is 0 Å². The topological polar surface area (TPSA) is 60.2 Å². The van der Waals surface area contributed by atoms with Crippen molar-refractivity contribution in [3.05, 3.63) is 23.9 Å². The molecule has 3 N–H and O–H groups in total. The lowest BCUT2D eigenvalue weighted by Crippen LogP contribution is -2.26. The van der Waals surface area contributed by atoms with Crippen molar-refractivity contribution in [2.75, 3.05) is 5.43 Å². The van der Waals surface area contributed by atoms with Crippen LogP contribution in [0.15, 0.2) is 18.2 Å². The number of pyridine rings is 1. The number of ether oxygens (including phenoxy) is 1. The van der Waals surface area contributed by atoms with Crippen LogP contribution in [0.2, 0.25) is 0 Å². The van der Waals surface area contributed by atoms with E-state index in [2.05, 4.69) is 24.3 Å². The number of hydrogen-bond donors (Lipinski definition) is 2. The molecule has 0 aliphatic heterocycles. The third-order valence-electron chi connectivity index (χ3n) is 3.56. The zero-order valence-electron chi connectivity index (χ0n) is 11.2. The van der Waals surface area contributed by atoms with Gasteiger partial charge in [-0.05, 0) is 43.2 Å². The first kappa shape index (κ1) is 13.3. The number of anilines is 1. The molecule has 1 aromatic heterocycles. The lowest BCUT2D eigenvalue weighted by molar-refractivity contribution is -0.0104. The Morgan fingerprint density at radius 3 is 2.67 bits per heavy atom. The highest BCUT2D eigenvalue weighted by molar-refractivity contribution is 5.33.